The normalized spacial score (nSPS) is 10.2. The van der Waals surface area contributed by atoms with E-state index in [1.165, 1.54) is 10.9 Å². The number of nitrogen functional groups attached to an aromatic ring is 1. The van der Waals surface area contributed by atoms with E-state index in [2.05, 4.69) is 26.3 Å². The summed E-state index contributed by atoms with van der Waals surface area (Å²) in [7, 11) is 0. The number of nitrogens with zero attached hydrogens (tertiary/aromatic N) is 3. The molecule has 0 saturated carbocycles. The number of aromatic nitrogens is 3. The monoisotopic (exact) mass is 351 g/mol. The van der Waals surface area contributed by atoms with Gasteiger partial charge in [0.2, 0.25) is 0 Å². The summed E-state index contributed by atoms with van der Waals surface area (Å²) in [6, 6.07) is 14.1. The van der Waals surface area contributed by atoms with Gasteiger partial charge in [0, 0.05) is 12.7 Å². The van der Waals surface area contributed by atoms with Crippen molar-refractivity contribution in [2.75, 3.05) is 5.73 Å². The van der Waals surface area contributed by atoms with Gasteiger partial charge >= 0.3 is 6.03 Å². The summed E-state index contributed by atoms with van der Waals surface area (Å²) in [4.78, 5) is 28.1. The van der Waals surface area contributed by atoms with Crippen molar-refractivity contribution in [1.29, 1.82) is 0 Å². The quantitative estimate of drug-likeness (QED) is 0.521. The Hall–Kier alpha value is -3.88. The highest BCUT2D eigenvalue weighted by molar-refractivity contribution is 5.99. The number of nitrogens with one attached hydrogen (secondary N) is 3. The first kappa shape index (κ1) is 17.0. The van der Waals surface area contributed by atoms with Gasteiger partial charge in [0.15, 0.2) is 5.82 Å². The van der Waals surface area contributed by atoms with Crippen LogP contribution < -0.4 is 21.9 Å². The fourth-order valence-electron chi connectivity index (χ4n) is 2.20. The Bertz CT molecular complexity index is 894. The van der Waals surface area contributed by atoms with Crippen molar-refractivity contribution >= 4 is 17.8 Å². The molecular formula is C17H17N7O2. The van der Waals surface area contributed by atoms with Gasteiger partial charge in [-0.3, -0.25) is 10.2 Å². The van der Waals surface area contributed by atoms with Crippen molar-refractivity contribution < 1.29 is 9.59 Å². The standard InChI is InChI=1S/C17H17N7O2/c18-15-13(11-21-24(15)14-8-4-5-9-19-14)16(25)22-23-17(26)20-10-12-6-2-1-3-7-12/h1-9,11H,10,18H2,(H,22,25)(H2,20,23,26). The van der Waals surface area contributed by atoms with Crippen LogP contribution in [0.3, 0.4) is 0 Å². The second kappa shape index (κ2) is 7.79. The number of carbonyl (C=O) groups is 2. The average Bonchev–Trinajstić information content (AvgIpc) is 3.07. The number of hydrogen-bond donors (Lipinski definition) is 4. The van der Waals surface area contributed by atoms with Gasteiger partial charge in [0.25, 0.3) is 5.91 Å². The van der Waals surface area contributed by atoms with Gasteiger partial charge in [0.05, 0.1) is 6.20 Å². The van der Waals surface area contributed by atoms with Crippen LogP contribution in [0.4, 0.5) is 10.6 Å². The number of benzene rings is 1. The van der Waals surface area contributed by atoms with E-state index in [4.69, 9.17) is 5.73 Å². The van der Waals surface area contributed by atoms with Crippen molar-refractivity contribution in [2.24, 2.45) is 0 Å². The minimum atomic E-state index is -0.584. The molecule has 1 aromatic carbocycles. The number of hydrogen-bond acceptors (Lipinski definition) is 5. The molecule has 0 fully saturated rings. The number of carbonyl (C=O) groups excluding carboxylic acids is 2. The fourth-order valence-corrected chi connectivity index (χ4v) is 2.20. The molecular weight excluding hydrogens is 334 g/mol. The topological polar surface area (TPSA) is 127 Å². The molecule has 3 aromatic rings. The molecule has 132 valence electrons. The highest BCUT2D eigenvalue weighted by Gasteiger charge is 2.17. The largest absolute Gasteiger partial charge is 0.383 e. The molecule has 0 radical (unpaired) electrons. The van der Waals surface area contributed by atoms with E-state index in [-0.39, 0.29) is 11.4 Å². The Labute approximate surface area is 149 Å². The molecule has 2 heterocycles. The second-order valence-corrected chi connectivity index (χ2v) is 5.29. The molecule has 0 atom stereocenters. The highest BCUT2D eigenvalue weighted by atomic mass is 16.2. The molecule has 0 bridgehead atoms. The van der Waals surface area contributed by atoms with Crippen LogP contribution in [-0.4, -0.2) is 26.7 Å². The minimum Gasteiger partial charge on any atom is -0.383 e. The van der Waals surface area contributed by atoms with Crippen LogP contribution >= 0.6 is 0 Å². The number of nitrogens with two attached hydrogens (primary N) is 1. The van der Waals surface area contributed by atoms with Gasteiger partial charge in [-0.2, -0.15) is 9.78 Å². The molecule has 3 rings (SSSR count). The van der Waals surface area contributed by atoms with Crippen molar-refractivity contribution in [3.63, 3.8) is 0 Å². The maximum atomic E-state index is 12.2. The summed E-state index contributed by atoms with van der Waals surface area (Å²) >= 11 is 0. The van der Waals surface area contributed by atoms with Gasteiger partial charge in [-0.1, -0.05) is 36.4 Å². The number of pyridine rings is 1. The molecule has 0 saturated heterocycles. The third kappa shape index (κ3) is 3.96. The van der Waals surface area contributed by atoms with E-state index in [1.807, 2.05) is 30.3 Å². The minimum absolute atomic E-state index is 0.118. The zero-order chi connectivity index (χ0) is 18.4. The summed E-state index contributed by atoms with van der Waals surface area (Å²) < 4.78 is 1.34. The SMILES string of the molecule is Nc1c(C(=O)NNC(=O)NCc2ccccc2)cnn1-c1ccccn1. The van der Waals surface area contributed by atoms with Gasteiger partial charge in [0.1, 0.15) is 11.4 Å². The van der Waals surface area contributed by atoms with E-state index >= 15 is 0 Å². The molecule has 0 aliphatic rings. The maximum Gasteiger partial charge on any atom is 0.333 e. The first-order valence-electron chi connectivity index (χ1n) is 7.78. The summed E-state index contributed by atoms with van der Waals surface area (Å²) in [6.45, 7) is 0.336. The van der Waals surface area contributed by atoms with E-state index in [0.717, 1.165) is 5.56 Å². The van der Waals surface area contributed by atoms with Gasteiger partial charge in [-0.25, -0.2) is 15.2 Å². The van der Waals surface area contributed by atoms with Crippen molar-refractivity contribution in [3.05, 3.63) is 72.1 Å². The van der Waals surface area contributed by atoms with Crippen LogP contribution in [0, 0.1) is 0 Å². The van der Waals surface area contributed by atoms with Crippen LogP contribution in [0.15, 0.2) is 60.9 Å². The predicted octanol–water partition coefficient (Wildman–Crippen LogP) is 0.994. The second-order valence-electron chi connectivity index (χ2n) is 5.29. The highest BCUT2D eigenvalue weighted by Crippen LogP contribution is 2.14. The van der Waals surface area contributed by atoms with Gasteiger partial charge in [-0.15, -0.1) is 0 Å². The van der Waals surface area contributed by atoms with Crippen LogP contribution in [0.25, 0.3) is 5.82 Å². The summed E-state index contributed by atoms with van der Waals surface area (Å²) in [5.74, 6) is 0.0184. The van der Waals surface area contributed by atoms with E-state index < -0.39 is 11.9 Å². The van der Waals surface area contributed by atoms with Gasteiger partial charge < -0.3 is 11.1 Å². The summed E-state index contributed by atoms with van der Waals surface area (Å²) in [5, 5.41) is 6.67. The summed E-state index contributed by atoms with van der Waals surface area (Å²) in [6.07, 6.45) is 2.90. The Kier molecular flexibility index (Phi) is 5.08. The molecule has 0 aliphatic carbocycles. The Morgan fingerprint density at radius 1 is 1.04 bits per heavy atom. The van der Waals surface area contributed by atoms with Crippen molar-refractivity contribution in [3.8, 4) is 5.82 Å². The lowest BCUT2D eigenvalue weighted by molar-refractivity contribution is 0.0937. The van der Waals surface area contributed by atoms with Crippen LogP contribution in [-0.2, 0) is 6.54 Å². The molecule has 3 amide bonds. The third-order valence-corrected chi connectivity index (χ3v) is 3.50. The molecule has 9 nitrogen and oxygen atoms in total. The smallest absolute Gasteiger partial charge is 0.333 e. The molecule has 0 unspecified atom stereocenters. The average molecular weight is 351 g/mol. The lowest BCUT2D eigenvalue weighted by Gasteiger charge is -2.09. The third-order valence-electron chi connectivity index (χ3n) is 3.50. The molecule has 0 spiro atoms. The molecule has 26 heavy (non-hydrogen) atoms. The van der Waals surface area contributed by atoms with Crippen LogP contribution in [0.2, 0.25) is 0 Å². The molecule has 9 heteroatoms. The number of amides is 3. The lowest BCUT2D eigenvalue weighted by Crippen LogP contribution is -2.46. The van der Waals surface area contributed by atoms with E-state index in [1.54, 1.807) is 24.4 Å². The Morgan fingerprint density at radius 3 is 2.54 bits per heavy atom. The van der Waals surface area contributed by atoms with E-state index in [0.29, 0.717) is 12.4 Å². The number of rotatable bonds is 4. The molecule has 0 aliphatic heterocycles. The predicted molar refractivity (Wildman–Crippen MR) is 95.1 cm³/mol. The Morgan fingerprint density at radius 2 is 1.81 bits per heavy atom. The van der Waals surface area contributed by atoms with Crippen LogP contribution in [0.5, 0.6) is 0 Å². The first-order valence-corrected chi connectivity index (χ1v) is 7.78. The van der Waals surface area contributed by atoms with Crippen molar-refractivity contribution in [1.82, 2.24) is 30.9 Å². The zero-order valence-corrected chi connectivity index (χ0v) is 13.7. The molecule has 5 N–H and O–H groups in total. The molecule has 2 aromatic heterocycles. The number of urea groups is 1. The number of anilines is 1. The zero-order valence-electron chi connectivity index (χ0n) is 13.7. The summed E-state index contributed by atoms with van der Waals surface area (Å²) in [5.41, 5.74) is 11.6. The Balaban J connectivity index is 1.55. The first-order chi connectivity index (χ1) is 12.6. The van der Waals surface area contributed by atoms with E-state index in [9.17, 15) is 9.59 Å². The lowest BCUT2D eigenvalue weighted by atomic mass is 10.2. The maximum absolute atomic E-state index is 12.2. The number of hydrazine groups is 1. The van der Waals surface area contributed by atoms with Crippen molar-refractivity contribution in [2.45, 2.75) is 6.54 Å². The van der Waals surface area contributed by atoms with Gasteiger partial charge in [-0.05, 0) is 17.7 Å². The fraction of sp³-hybridized carbons (Fsp3) is 0.0588. The van der Waals surface area contributed by atoms with Crippen LogP contribution in [0.1, 0.15) is 15.9 Å².